The Hall–Kier alpha value is -1.56. The van der Waals surface area contributed by atoms with Gasteiger partial charge in [-0.3, -0.25) is 0 Å². The van der Waals surface area contributed by atoms with Gasteiger partial charge in [-0.05, 0) is 18.8 Å². The van der Waals surface area contributed by atoms with E-state index < -0.39 is 0 Å². The van der Waals surface area contributed by atoms with Crippen LogP contribution in [0.2, 0.25) is 0 Å². The molecule has 0 aliphatic carbocycles. The second kappa shape index (κ2) is 6.47. The molecule has 0 bridgehead atoms. The third-order valence-corrected chi connectivity index (χ3v) is 3.60. The minimum absolute atomic E-state index is 0.308. The number of hydrogen-bond acceptors (Lipinski definition) is 6. The van der Waals surface area contributed by atoms with Crippen LogP contribution < -0.4 is 21.3 Å². The molecule has 118 valence electrons. The predicted molar refractivity (Wildman–Crippen MR) is 88.7 cm³/mol. The number of hydrogen-bond donors (Lipinski definition) is 3. The molecule has 1 saturated heterocycles. The third kappa shape index (κ3) is 5.04. The highest BCUT2D eigenvalue weighted by Gasteiger charge is 2.18. The highest BCUT2D eigenvalue weighted by atomic mass is 15.3. The van der Waals surface area contributed by atoms with Gasteiger partial charge in [-0.25, -0.2) is 0 Å². The van der Waals surface area contributed by atoms with Gasteiger partial charge in [0.15, 0.2) is 0 Å². The van der Waals surface area contributed by atoms with E-state index in [1.54, 1.807) is 0 Å². The third-order valence-electron chi connectivity index (χ3n) is 3.60. The minimum Gasteiger partial charge on any atom is -0.370 e. The lowest BCUT2D eigenvalue weighted by Crippen LogP contribution is -2.49. The lowest BCUT2D eigenvalue weighted by molar-refractivity contribution is 0.389. The van der Waals surface area contributed by atoms with Crippen molar-refractivity contribution in [2.24, 2.45) is 5.41 Å². The molecule has 6 nitrogen and oxygen atoms in total. The number of nitrogens with one attached hydrogen (secondary N) is 2. The number of anilines is 3. The van der Waals surface area contributed by atoms with Crippen molar-refractivity contribution in [1.29, 1.82) is 0 Å². The van der Waals surface area contributed by atoms with Crippen LogP contribution in [0.3, 0.4) is 0 Å². The topological polar surface area (TPSA) is 79.1 Å². The second-order valence-corrected chi connectivity index (χ2v) is 7.01. The van der Waals surface area contributed by atoms with E-state index in [1.807, 2.05) is 6.07 Å². The molecular formula is C15H28N6. The van der Waals surface area contributed by atoms with Gasteiger partial charge in [0.2, 0.25) is 5.95 Å². The molecule has 0 saturated carbocycles. The Morgan fingerprint density at radius 3 is 2.86 bits per heavy atom. The summed E-state index contributed by atoms with van der Waals surface area (Å²) < 4.78 is 0. The molecule has 2 rings (SSSR count). The van der Waals surface area contributed by atoms with E-state index in [0.29, 0.717) is 17.4 Å². The molecule has 0 radical (unpaired) electrons. The van der Waals surface area contributed by atoms with Gasteiger partial charge in [0, 0.05) is 38.3 Å². The second-order valence-electron chi connectivity index (χ2n) is 7.01. The van der Waals surface area contributed by atoms with Crippen LogP contribution in [0, 0.1) is 5.41 Å². The molecule has 21 heavy (non-hydrogen) atoms. The van der Waals surface area contributed by atoms with Crippen molar-refractivity contribution < 1.29 is 0 Å². The Labute approximate surface area is 127 Å². The minimum atomic E-state index is 0.308. The lowest BCUT2D eigenvalue weighted by Gasteiger charge is -2.32. The summed E-state index contributed by atoms with van der Waals surface area (Å²) in [5, 5.41) is 6.79. The maximum atomic E-state index is 5.85. The highest BCUT2D eigenvalue weighted by Crippen LogP contribution is 2.21. The number of nitrogens with zero attached hydrogens (tertiary/aromatic N) is 3. The molecule has 0 spiro atoms. The summed E-state index contributed by atoms with van der Waals surface area (Å²) in [5.41, 5.74) is 6.16. The van der Waals surface area contributed by atoms with Gasteiger partial charge in [0.25, 0.3) is 0 Å². The summed E-state index contributed by atoms with van der Waals surface area (Å²) in [7, 11) is 0. The number of piperazine rings is 1. The molecule has 1 aliphatic heterocycles. The van der Waals surface area contributed by atoms with E-state index in [1.165, 1.54) is 0 Å². The normalized spacial score (nSPS) is 19.6. The molecule has 1 atom stereocenters. The number of aromatic nitrogens is 2. The van der Waals surface area contributed by atoms with Crippen LogP contribution in [0.1, 0.15) is 34.1 Å². The van der Waals surface area contributed by atoms with Crippen LogP contribution in [0.15, 0.2) is 6.07 Å². The number of nitrogens with two attached hydrogens (primary N) is 1. The van der Waals surface area contributed by atoms with Gasteiger partial charge in [-0.2, -0.15) is 9.97 Å². The monoisotopic (exact) mass is 292 g/mol. The van der Waals surface area contributed by atoms with Crippen molar-refractivity contribution in [3.63, 3.8) is 0 Å². The van der Waals surface area contributed by atoms with Gasteiger partial charge >= 0.3 is 0 Å². The van der Waals surface area contributed by atoms with Gasteiger partial charge in [0.05, 0.1) is 0 Å². The average Bonchev–Trinajstić information content (AvgIpc) is 2.36. The van der Waals surface area contributed by atoms with Gasteiger partial charge < -0.3 is 21.3 Å². The molecule has 1 aromatic rings. The molecule has 1 fully saturated rings. The fourth-order valence-electron chi connectivity index (χ4n) is 2.41. The van der Waals surface area contributed by atoms with Gasteiger partial charge in [0.1, 0.15) is 11.6 Å². The molecule has 0 amide bonds. The van der Waals surface area contributed by atoms with Crippen molar-refractivity contribution in [3.8, 4) is 0 Å². The first-order valence-electron chi connectivity index (χ1n) is 7.70. The van der Waals surface area contributed by atoms with E-state index >= 15 is 0 Å². The van der Waals surface area contributed by atoms with Crippen molar-refractivity contribution in [2.75, 3.05) is 42.1 Å². The van der Waals surface area contributed by atoms with E-state index in [4.69, 9.17) is 5.73 Å². The van der Waals surface area contributed by atoms with Crippen LogP contribution >= 0.6 is 0 Å². The van der Waals surface area contributed by atoms with Gasteiger partial charge in [-0.15, -0.1) is 0 Å². The Morgan fingerprint density at radius 1 is 1.43 bits per heavy atom. The SMILES string of the molecule is CC1CN(c2cc(NCCC(C)(C)C)nc(N)n2)CCN1. The first-order chi connectivity index (χ1) is 9.83. The molecule has 1 aromatic heterocycles. The molecule has 0 aromatic carbocycles. The molecule has 1 aliphatic rings. The summed E-state index contributed by atoms with van der Waals surface area (Å²) in [4.78, 5) is 10.9. The van der Waals surface area contributed by atoms with Crippen molar-refractivity contribution >= 4 is 17.6 Å². The van der Waals surface area contributed by atoms with Crippen LogP contribution in [0.5, 0.6) is 0 Å². The summed E-state index contributed by atoms with van der Waals surface area (Å²) in [6.45, 7) is 12.6. The van der Waals surface area contributed by atoms with Crippen molar-refractivity contribution in [2.45, 2.75) is 40.2 Å². The van der Waals surface area contributed by atoms with E-state index in [0.717, 1.165) is 44.2 Å². The highest BCUT2D eigenvalue weighted by molar-refractivity contribution is 5.53. The fourth-order valence-corrected chi connectivity index (χ4v) is 2.41. The first kappa shape index (κ1) is 15.8. The van der Waals surface area contributed by atoms with E-state index in [9.17, 15) is 0 Å². The Bertz CT molecular complexity index is 468. The van der Waals surface area contributed by atoms with E-state index in [2.05, 4.69) is 53.2 Å². The molecule has 2 heterocycles. The van der Waals surface area contributed by atoms with Crippen LogP contribution in [-0.2, 0) is 0 Å². The Morgan fingerprint density at radius 2 is 2.19 bits per heavy atom. The van der Waals surface area contributed by atoms with Crippen LogP contribution in [-0.4, -0.2) is 42.2 Å². The first-order valence-corrected chi connectivity index (χ1v) is 7.70. The van der Waals surface area contributed by atoms with E-state index in [-0.39, 0.29) is 0 Å². The number of nitrogen functional groups attached to an aromatic ring is 1. The zero-order valence-electron chi connectivity index (χ0n) is 13.6. The summed E-state index contributed by atoms with van der Waals surface area (Å²) in [6.07, 6.45) is 1.08. The molecular weight excluding hydrogens is 264 g/mol. The van der Waals surface area contributed by atoms with Crippen molar-refractivity contribution in [1.82, 2.24) is 15.3 Å². The maximum absolute atomic E-state index is 5.85. The molecule has 4 N–H and O–H groups in total. The Balaban J connectivity index is 2.03. The maximum Gasteiger partial charge on any atom is 0.223 e. The average molecular weight is 292 g/mol. The lowest BCUT2D eigenvalue weighted by atomic mass is 9.92. The Kier molecular flexibility index (Phi) is 4.88. The predicted octanol–water partition coefficient (Wildman–Crippen LogP) is 1.70. The zero-order chi connectivity index (χ0) is 15.5. The summed E-state index contributed by atoms with van der Waals surface area (Å²) in [5.74, 6) is 2.05. The smallest absolute Gasteiger partial charge is 0.223 e. The largest absolute Gasteiger partial charge is 0.370 e. The quantitative estimate of drug-likeness (QED) is 0.784. The van der Waals surface area contributed by atoms with Gasteiger partial charge in [-0.1, -0.05) is 20.8 Å². The summed E-state index contributed by atoms with van der Waals surface area (Å²) in [6, 6.07) is 2.46. The molecule has 6 heteroatoms. The van der Waals surface area contributed by atoms with Crippen molar-refractivity contribution in [3.05, 3.63) is 6.07 Å². The van der Waals surface area contributed by atoms with Crippen LogP contribution in [0.25, 0.3) is 0 Å². The summed E-state index contributed by atoms with van der Waals surface area (Å²) >= 11 is 0. The number of rotatable bonds is 4. The zero-order valence-corrected chi connectivity index (χ0v) is 13.6. The van der Waals surface area contributed by atoms with Crippen LogP contribution in [0.4, 0.5) is 17.6 Å². The fraction of sp³-hybridized carbons (Fsp3) is 0.733. The molecule has 1 unspecified atom stereocenters. The standard InChI is InChI=1S/C15H28N6/c1-11-10-21(8-7-17-11)13-9-12(19-14(16)20-13)18-6-5-15(2,3)4/h9,11,17H,5-8,10H2,1-4H3,(H3,16,18,19,20).